The number of aliphatic hydroxyl groups is 2. The molecule has 0 radical (unpaired) electrons. The minimum Gasteiger partial charge on any atom is -0.456 e. The van der Waals surface area contributed by atoms with Crippen molar-refractivity contribution in [3.05, 3.63) is 23.5 Å². The lowest BCUT2D eigenvalue weighted by Crippen LogP contribution is -2.59. The van der Waals surface area contributed by atoms with E-state index in [-0.39, 0.29) is 57.3 Å². The molecule has 224 valence electrons. The number of hydrogen-bond donors (Lipinski definition) is 2. The van der Waals surface area contributed by atoms with Gasteiger partial charge in [0.05, 0.1) is 18.6 Å². The first kappa shape index (κ1) is 28.7. The Bertz CT molecular complexity index is 1300. The molecule has 6 rings (SSSR count). The van der Waals surface area contributed by atoms with E-state index < -0.39 is 69.3 Å². The van der Waals surface area contributed by atoms with Crippen LogP contribution in [0.3, 0.4) is 0 Å². The van der Waals surface area contributed by atoms with Crippen LogP contribution in [0.15, 0.2) is 23.5 Å². The molecule has 2 spiro atoms. The van der Waals surface area contributed by atoms with Gasteiger partial charge in [0.2, 0.25) is 11.6 Å². The average Bonchev–Trinajstić information content (AvgIpc) is 3.45. The third-order valence-electron chi connectivity index (χ3n) is 10.8. The van der Waals surface area contributed by atoms with Gasteiger partial charge in [0, 0.05) is 42.8 Å². The topological polar surface area (TPSA) is 155 Å². The molecule has 0 aromatic carbocycles. The zero-order chi connectivity index (χ0) is 29.8. The Morgan fingerprint density at radius 1 is 1.20 bits per heavy atom. The van der Waals surface area contributed by atoms with Gasteiger partial charge in [-0.3, -0.25) is 14.4 Å². The van der Waals surface area contributed by atoms with Crippen LogP contribution < -0.4 is 0 Å². The van der Waals surface area contributed by atoms with Gasteiger partial charge in [0.1, 0.15) is 28.8 Å². The summed E-state index contributed by atoms with van der Waals surface area (Å²) >= 11 is 0. The van der Waals surface area contributed by atoms with Crippen LogP contribution >= 0.6 is 0 Å². The molecular weight excluding hydrogens is 536 g/mol. The lowest BCUT2D eigenvalue weighted by atomic mass is 9.63. The highest BCUT2D eigenvalue weighted by atomic mass is 16.7. The van der Waals surface area contributed by atoms with Gasteiger partial charge in [-0.25, -0.2) is 4.79 Å². The van der Waals surface area contributed by atoms with Crippen molar-refractivity contribution in [1.82, 2.24) is 0 Å². The van der Waals surface area contributed by atoms with Gasteiger partial charge in [-0.05, 0) is 51.7 Å². The SMILES string of the molecule is COC12CC(C)(C(=O)C(C)C=C3C=C(C)C(=O)O3)CCC3(CC45OC(=O)CC4OC(C)(CO)C5CCC3(O)C1=O)O2. The third kappa shape index (κ3) is 3.68. The highest BCUT2D eigenvalue weighted by Crippen LogP contribution is 2.66. The first-order valence-electron chi connectivity index (χ1n) is 14.3. The van der Waals surface area contributed by atoms with Crippen LogP contribution in [0.1, 0.15) is 72.6 Å². The minimum absolute atomic E-state index is 0.00318. The number of esters is 2. The van der Waals surface area contributed by atoms with Crippen molar-refractivity contribution in [3.8, 4) is 0 Å². The summed E-state index contributed by atoms with van der Waals surface area (Å²) in [4.78, 5) is 52.7. The summed E-state index contributed by atoms with van der Waals surface area (Å²) in [5, 5.41) is 22.5. The minimum atomic E-state index is -1.96. The second-order valence-corrected chi connectivity index (χ2v) is 13.4. The Morgan fingerprint density at radius 2 is 1.93 bits per heavy atom. The maximum Gasteiger partial charge on any atom is 0.339 e. The van der Waals surface area contributed by atoms with Crippen molar-refractivity contribution < 1.29 is 53.1 Å². The molecule has 2 N–H and O–H groups in total. The molecule has 9 atom stereocenters. The summed E-state index contributed by atoms with van der Waals surface area (Å²) < 4.78 is 29.9. The van der Waals surface area contributed by atoms with E-state index >= 15 is 0 Å². The number of ether oxygens (including phenoxy) is 5. The Labute approximate surface area is 238 Å². The van der Waals surface area contributed by atoms with Gasteiger partial charge < -0.3 is 33.9 Å². The Balaban J connectivity index is 1.39. The smallest absolute Gasteiger partial charge is 0.339 e. The van der Waals surface area contributed by atoms with E-state index in [1.54, 1.807) is 39.8 Å². The van der Waals surface area contributed by atoms with Gasteiger partial charge in [0.15, 0.2) is 5.60 Å². The molecule has 5 aliphatic heterocycles. The number of carbonyl (C=O) groups is 4. The molecule has 5 fully saturated rings. The molecule has 41 heavy (non-hydrogen) atoms. The summed E-state index contributed by atoms with van der Waals surface area (Å²) in [6.07, 6.45) is 2.95. The Kier molecular flexibility index (Phi) is 6.15. The quantitative estimate of drug-likeness (QED) is 0.462. The van der Waals surface area contributed by atoms with Crippen molar-refractivity contribution in [2.24, 2.45) is 17.3 Å². The highest BCUT2D eigenvalue weighted by molar-refractivity contribution is 5.99. The molecule has 0 aromatic heterocycles. The summed E-state index contributed by atoms with van der Waals surface area (Å²) in [5.41, 5.74) is -6.40. The van der Waals surface area contributed by atoms with Crippen LogP contribution in [-0.4, -0.2) is 81.7 Å². The third-order valence-corrected chi connectivity index (χ3v) is 10.8. The normalized spacial score (nSPS) is 48.5. The molecule has 1 saturated carbocycles. The van der Waals surface area contributed by atoms with Crippen LogP contribution in [0.25, 0.3) is 0 Å². The molecule has 0 aromatic rings. The Morgan fingerprint density at radius 3 is 2.56 bits per heavy atom. The number of methoxy groups -OCH3 is 1. The molecule has 4 saturated heterocycles. The standard InChI is InChI=1S/C30H38O11/c1-16(10-18-11-17(2)23(34)38-18)22(33)25(3)8-9-27-14-28-19(26(4,15-31)39-20(28)12-21(32)40-28)6-7-29(27,36)24(35)30(13-25,37-5)41-27/h10-11,16,19-20,31,36H,6-9,12-15H2,1-5H3. The van der Waals surface area contributed by atoms with Crippen LogP contribution in [-0.2, 0) is 42.9 Å². The molecule has 11 nitrogen and oxygen atoms in total. The number of hydrogen-bond acceptors (Lipinski definition) is 11. The lowest BCUT2D eigenvalue weighted by molar-refractivity contribution is -0.255. The predicted octanol–water partition coefficient (Wildman–Crippen LogP) is 1.82. The van der Waals surface area contributed by atoms with E-state index in [4.69, 9.17) is 23.7 Å². The fourth-order valence-corrected chi connectivity index (χ4v) is 8.67. The van der Waals surface area contributed by atoms with Gasteiger partial charge in [-0.1, -0.05) is 13.8 Å². The molecular formula is C30H38O11. The van der Waals surface area contributed by atoms with Crippen molar-refractivity contribution in [2.75, 3.05) is 13.7 Å². The molecule has 6 aliphatic rings. The predicted molar refractivity (Wildman–Crippen MR) is 139 cm³/mol. The molecule has 9 unspecified atom stereocenters. The van der Waals surface area contributed by atoms with E-state index in [0.717, 1.165) is 0 Å². The largest absolute Gasteiger partial charge is 0.456 e. The number of Topliss-reactive ketones (excluding diaryl/α,β-unsaturated/α-hetero) is 2. The number of fused-ring (bicyclic) bond motifs is 1. The fourth-order valence-electron chi connectivity index (χ4n) is 8.67. The van der Waals surface area contributed by atoms with Crippen LogP contribution in [0.2, 0.25) is 0 Å². The Hall–Kier alpha value is -2.44. The lowest BCUT2D eigenvalue weighted by Gasteiger charge is -2.43. The van der Waals surface area contributed by atoms with Gasteiger partial charge >= 0.3 is 11.9 Å². The number of aliphatic hydroxyl groups excluding tert-OH is 1. The maximum atomic E-state index is 14.3. The molecule has 1 aliphatic carbocycles. The van der Waals surface area contributed by atoms with Crippen molar-refractivity contribution in [2.45, 2.75) is 107 Å². The molecule has 5 heterocycles. The van der Waals surface area contributed by atoms with Crippen LogP contribution in [0, 0.1) is 17.3 Å². The number of ketones is 2. The summed E-state index contributed by atoms with van der Waals surface area (Å²) in [6, 6.07) is 0. The summed E-state index contributed by atoms with van der Waals surface area (Å²) in [5.74, 6) is -4.50. The maximum absolute atomic E-state index is 14.3. The van der Waals surface area contributed by atoms with Crippen molar-refractivity contribution >= 4 is 23.5 Å². The van der Waals surface area contributed by atoms with Gasteiger partial charge in [0.25, 0.3) is 0 Å². The second-order valence-electron chi connectivity index (χ2n) is 13.4. The summed E-state index contributed by atoms with van der Waals surface area (Å²) in [6.45, 7) is 6.54. The zero-order valence-corrected chi connectivity index (χ0v) is 24.1. The first-order valence-corrected chi connectivity index (χ1v) is 14.3. The average molecular weight is 575 g/mol. The number of cyclic esters (lactones) is 1. The summed E-state index contributed by atoms with van der Waals surface area (Å²) in [7, 11) is 1.33. The number of allylic oxidation sites excluding steroid dienone is 2. The van der Waals surface area contributed by atoms with Crippen LogP contribution in [0.4, 0.5) is 0 Å². The van der Waals surface area contributed by atoms with E-state index in [1.807, 2.05) is 0 Å². The first-order chi connectivity index (χ1) is 19.1. The molecule has 11 heteroatoms. The van der Waals surface area contributed by atoms with E-state index in [9.17, 15) is 29.4 Å². The highest BCUT2D eigenvalue weighted by Gasteiger charge is 2.80. The van der Waals surface area contributed by atoms with Crippen molar-refractivity contribution in [1.29, 1.82) is 0 Å². The van der Waals surface area contributed by atoms with E-state index in [1.165, 1.54) is 7.11 Å². The molecule has 0 amide bonds. The number of rotatable bonds is 5. The van der Waals surface area contributed by atoms with E-state index in [2.05, 4.69) is 0 Å². The molecule has 2 bridgehead atoms. The number of carbonyl (C=O) groups excluding carboxylic acids is 4. The monoisotopic (exact) mass is 574 g/mol. The van der Waals surface area contributed by atoms with Gasteiger partial charge in [-0.15, -0.1) is 0 Å². The zero-order valence-electron chi connectivity index (χ0n) is 24.1. The van der Waals surface area contributed by atoms with Crippen LogP contribution in [0.5, 0.6) is 0 Å². The van der Waals surface area contributed by atoms with Gasteiger partial charge in [-0.2, -0.15) is 0 Å². The fraction of sp³-hybridized carbons (Fsp3) is 0.733. The van der Waals surface area contributed by atoms with Crippen molar-refractivity contribution in [3.63, 3.8) is 0 Å². The second kappa shape index (κ2) is 8.79. The van der Waals surface area contributed by atoms with E-state index in [0.29, 0.717) is 11.3 Å².